The molecule has 7 nitrogen and oxygen atoms in total. The number of nitrogens with zero attached hydrogens (tertiary/aromatic N) is 3. The van der Waals surface area contributed by atoms with Crippen LogP contribution in [0.15, 0.2) is 78.9 Å². The van der Waals surface area contributed by atoms with Crippen molar-refractivity contribution in [1.82, 2.24) is 14.7 Å². The Bertz CT molecular complexity index is 1430. The van der Waals surface area contributed by atoms with E-state index in [1.807, 2.05) is 44.2 Å². The Hall–Kier alpha value is -3.88. The van der Waals surface area contributed by atoms with Crippen LogP contribution >= 0.6 is 23.2 Å². The molecule has 10 heteroatoms. The first-order valence-electron chi connectivity index (χ1n) is 11.9. The summed E-state index contributed by atoms with van der Waals surface area (Å²) in [7, 11) is 0. The van der Waals surface area contributed by atoms with Gasteiger partial charge in [0, 0.05) is 23.2 Å². The van der Waals surface area contributed by atoms with Gasteiger partial charge in [-0.3, -0.25) is 4.79 Å². The van der Waals surface area contributed by atoms with Crippen LogP contribution in [0.2, 0.25) is 10.0 Å². The lowest BCUT2D eigenvalue weighted by Crippen LogP contribution is -2.42. The summed E-state index contributed by atoms with van der Waals surface area (Å²) < 4.78 is 15.1. The van der Waals surface area contributed by atoms with Crippen molar-refractivity contribution in [3.8, 4) is 16.9 Å². The van der Waals surface area contributed by atoms with Gasteiger partial charge in [0.15, 0.2) is 0 Å². The number of carbonyl (C=O) groups is 2. The van der Waals surface area contributed by atoms with E-state index in [1.54, 1.807) is 30.3 Å². The molecule has 3 amide bonds. The maximum Gasteiger partial charge on any atom is 0.322 e. The first kappa shape index (κ1) is 27.2. The third kappa shape index (κ3) is 6.90. The Balaban J connectivity index is 1.57. The molecule has 0 fully saturated rings. The van der Waals surface area contributed by atoms with E-state index in [9.17, 15) is 14.0 Å². The number of hydrogen-bond acceptors (Lipinski definition) is 3. The van der Waals surface area contributed by atoms with Crippen molar-refractivity contribution in [2.75, 3.05) is 23.7 Å². The molecule has 4 rings (SSSR count). The van der Waals surface area contributed by atoms with Crippen LogP contribution in [0.4, 0.5) is 20.7 Å². The number of amides is 3. The lowest BCUT2D eigenvalue weighted by atomic mass is 10.1. The second kappa shape index (κ2) is 12.1. The highest BCUT2D eigenvalue weighted by Gasteiger charge is 2.21. The Morgan fingerprint density at radius 3 is 2.34 bits per heavy atom. The topological polar surface area (TPSA) is 79.3 Å². The highest BCUT2D eigenvalue weighted by molar-refractivity contribution is 6.36. The van der Waals surface area contributed by atoms with Crippen molar-refractivity contribution < 1.29 is 14.0 Å². The SMILES string of the molecule is CC(C)CN(CC(=O)Nc1cc(-c2ccccc2)nn1-c1ccc(F)cc1)C(=O)Nc1ccc(Cl)cc1Cl. The van der Waals surface area contributed by atoms with Gasteiger partial charge in [-0.15, -0.1) is 0 Å². The number of urea groups is 1. The van der Waals surface area contributed by atoms with E-state index in [-0.39, 0.29) is 23.3 Å². The molecular formula is C28H26Cl2FN5O2. The smallest absolute Gasteiger partial charge is 0.315 e. The Kier molecular flexibility index (Phi) is 8.66. The number of rotatable bonds is 8. The minimum atomic E-state index is -0.477. The molecule has 0 aliphatic carbocycles. The average molecular weight is 554 g/mol. The van der Waals surface area contributed by atoms with E-state index in [4.69, 9.17) is 23.2 Å². The van der Waals surface area contributed by atoms with Crippen LogP contribution in [0.1, 0.15) is 13.8 Å². The third-order valence-electron chi connectivity index (χ3n) is 5.50. The lowest BCUT2D eigenvalue weighted by Gasteiger charge is -2.24. The Morgan fingerprint density at radius 1 is 0.974 bits per heavy atom. The van der Waals surface area contributed by atoms with Crippen LogP contribution in [0, 0.1) is 11.7 Å². The zero-order valence-electron chi connectivity index (χ0n) is 20.8. The summed E-state index contributed by atoms with van der Waals surface area (Å²) in [5, 5.41) is 11.0. The maximum absolute atomic E-state index is 13.5. The number of benzene rings is 3. The molecule has 3 aromatic carbocycles. The fraction of sp³-hybridized carbons (Fsp3) is 0.179. The largest absolute Gasteiger partial charge is 0.322 e. The molecule has 1 aromatic heterocycles. The van der Waals surface area contributed by atoms with Crippen LogP contribution in [0.25, 0.3) is 16.9 Å². The normalized spacial score (nSPS) is 10.9. The van der Waals surface area contributed by atoms with Crippen molar-refractivity contribution >= 4 is 46.6 Å². The predicted octanol–water partition coefficient (Wildman–Crippen LogP) is 7.11. The van der Waals surface area contributed by atoms with Crippen molar-refractivity contribution in [2.24, 2.45) is 5.92 Å². The van der Waals surface area contributed by atoms with Crippen LogP contribution in [-0.2, 0) is 4.79 Å². The van der Waals surface area contributed by atoms with Gasteiger partial charge < -0.3 is 15.5 Å². The van der Waals surface area contributed by atoms with E-state index >= 15 is 0 Å². The molecule has 0 atom stereocenters. The van der Waals surface area contributed by atoms with Gasteiger partial charge in [0.25, 0.3) is 0 Å². The molecule has 0 bridgehead atoms. The number of halogens is 3. The Labute approximate surface area is 230 Å². The molecular weight excluding hydrogens is 528 g/mol. The number of hydrogen-bond donors (Lipinski definition) is 2. The van der Waals surface area contributed by atoms with Crippen LogP contribution in [-0.4, -0.2) is 39.7 Å². The van der Waals surface area contributed by atoms with Gasteiger partial charge in [0.2, 0.25) is 5.91 Å². The summed E-state index contributed by atoms with van der Waals surface area (Å²) in [5.74, 6) is -0.327. The van der Waals surface area contributed by atoms with Gasteiger partial charge in [-0.1, -0.05) is 67.4 Å². The van der Waals surface area contributed by atoms with Gasteiger partial charge in [0.05, 0.1) is 22.1 Å². The number of carbonyl (C=O) groups excluding carboxylic acids is 2. The van der Waals surface area contributed by atoms with Crippen molar-refractivity contribution in [3.05, 3.63) is 94.7 Å². The summed E-state index contributed by atoms with van der Waals surface area (Å²) in [4.78, 5) is 27.7. The molecule has 0 saturated heterocycles. The van der Waals surface area contributed by atoms with Gasteiger partial charge in [-0.25, -0.2) is 13.9 Å². The first-order valence-corrected chi connectivity index (χ1v) is 12.7. The second-order valence-electron chi connectivity index (χ2n) is 9.05. The predicted molar refractivity (Wildman–Crippen MR) is 149 cm³/mol. The van der Waals surface area contributed by atoms with Crippen LogP contribution in [0.3, 0.4) is 0 Å². The van der Waals surface area contributed by atoms with E-state index < -0.39 is 11.9 Å². The summed E-state index contributed by atoms with van der Waals surface area (Å²) in [6, 6.07) is 21.3. The van der Waals surface area contributed by atoms with Gasteiger partial charge >= 0.3 is 6.03 Å². The summed E-state index contributed by atoms with van der Waals surface area (Å²) in [6.07, 6.45) is 0. The van der Waals surface area contributed by atoms with Crippen molar-refractivity contribution in [2.45, 2.75) is 13.8 Å². The maximum atomic E-state index is 13.5. The molecule has 4 aromatic rings. The average Bonchev–Trinajstić information content (AvgIpc) is 3.29. The minimum absolute atomic E-state index is 0.101. The van der Waals surface area contributed by atoms with E-state index in [0.29, 0.717) is 34.5 Å². The zero-order chi connectivity index (χ0) is 27.2. The molecule has 0 spiro atoms. The zero-order valence-corrected chi connectivity index (χ0v) is 22.3. The fourth-order valence-electron chi connectivity index (χ4n) is 3.80. The molecule has 1 heterocycles. The Morgan fingerprint density at radius 2 is 1.68 bits per heavy atom. The van der Waals surface area contributed by atoms with Crippen LogP contribution in [0.5, 0.6) is 0 Å². The monoisotopic (exact) mass is 553 g/mol. The molecule has 196 valence electrons. The molecule has 0 radical (unpaired) electrons. The highest BCUT2D eigenvalue weighted by Crippen LogP contribution is 2.27. The number of anilines is 2. The summed E-state index contributed by atoms with van der Waals surface area (Å²) in [5.41, 5.74) is 2.43. The summed E-state index contributed by atoms with van der Waals surface area (Å²) in [6.45, 7) is 4.01. The minimum Gasteiger partial charge on any atom is -0.315 e. The standard InChI is InChI=1S/C28H26Cl2FN5O2/c1-18(2)16-35(28(38)32-24-13-8-20(29)14-23(24)30)17-27(37)33-26-15-25(19-6-4-3-5-7-19)34-36(26)22-11-9-21(31)10-12-22/h3-15,18H,16-17H2,1-2H3,(H,32,38)(H,33,37). The van der Waals surface area contributed by atoms with E-state index in [0.717, 1.165) is 5.56 Å². The van der Waals surface area contributed by atoms with E-state index in [2.05, 4.69) is 15.7 Å². The molecule has 0 saturated carbocycles. The molecule has 0 aliphatic rings. The molecule has 0 unspecified atom stereocenters. The lowest BCUT2D eigenvalue weighted by molar-refractivity contribution is -0.116. The van der Waals surface area contributed by atoms with Gasteiger partial charge in [-0.2, -0.15) is 5.10 Å². The van der Waals surface area contributed by atoms with E-state index in [1.165, 1.54) is 27.8 Å². The van der Waals surface area contributed by atoms with Crippen LogP contribution < -0.4 is 10.6 Å². The molecule has 38 heavy (non-hydrogen) atoms. The summed E-state index contributed by atoms with van der Waals surface area (Å²) >= 11 is 12.2. The fourth-order valence-corrected chi connectivity index (χ4v) is 4.26. The highest BCUT2D eigenvalue weighted by atomic mass is 35.5. The van der Waals surface area contributed by atoms with Gasteiger partial charge in [0.1, 0.15) is 18.2 Å². The molecule has 0 aliphatic heterocycles. The number of nitrogens with one attached hydrogen (secondary N) is 2. The first-order chi connectivity index (χ1) is 18.2. The van der Waals surface area contributed by atoms with Crippen molar-refractivity contribution in [3.63, 3.8) is 0 Å². The quantitative estimate of drug-likeness (QED) is 0.244. The third-order valence-corrected chi connectivity index (χ3v) is 6.05. The number of aromatic nitrogens is 2. The second-order valence-corrected chi connectivity index (χ2v) is 9.89. The van der Waals surface area contributed by atoms with Gasteiger partial charge in [-0.05, 0) is 48.4 Å². The molecule has 2 N–H and O–H groups in total. The van der Waals surface area contributed by atoms with Crippen molar-refractivity contribution in [1.29, 1.82) is 0 Å².